The molecule has 1 fully saturated rings. The van der Waals surface area contributed by atoms with E-state index in [0.717, 1.165) is 11.8 Å². The Morgan fingerprint density at radius 1 is 1.21 bits per heavy atom. The largest absolute Gasteiger partial charge is 0.481 e. The second kappa shape index (κ2) is 10.5. The molecule has 9 N–H and O–H groups in total. The van der Waals surface area contributed by atoms with Crippen LogP contribution < -0.4 is 16.8 Å². The Morgan fingerprint density at radius 2 is 1.79 bits per heavy atom. The molecule has 1 aliphatic rings. The number of aliphatic carboxylic acids is 1. The van der Waals surface area contributed by atoms with E-state index in [1.807, 2.05) is 0 Å². The fourth-order valence-corrected chi connectivity index (χ4v) is 3.10. The number of ether oxygens (including phenoxy) is 1. The number of carbonyl (C=O) groups is 4. The first-order valence-corrected chi connectivity index (χ1v) is 8.90. The summed E-state index contributed by atoms with van der Waals surface area (Å²) in [6, 6.07) is -4.10. The Balaban J connectivity index is 3.46. The van der Waals surface area contributed by atoms with Crippen LogP contribution in [0.2, 0.25) is 0 Å². The number of aliphatic hydroxyl groups excluding tert-OH is 3. The third-order valence-corrected chi connectivity index (χ3v) is 4.48. The minimum atomic E-state index is -1.69. The van der Waals surface area contributed by atoms with Gasteiger partial charge >= 0.3 is 5.97 Å². The van der Waals surface area contributed by atoms with Gasteiger partial charge in [0, 0.05) is 13.3 Å². The lowest BCUT2D eigenvalue weighted by Crippen LogP contribution is -2.71. The first-order valence-electron chi connectivity index (χ1n) is 8.90. The van der Waals surface area contributed by atoms with Gasteiger partial charge in [-0.2, -0.15) is 0 Å². The molecule has 0 aromatic rings. The molecule has 29 heavy (non-hydrogen) atoms. The van der Waals surface area contributed by atoms with Crippen LogP contribution in [-0.4, -0.2) is 98.3 Å². The van der Waals surface area contributed by atoms with Gasteiger partial charge in [-0.1, -0.05) is 0 Å². The van der Waals surface area contributed by atoms with E-state index in [9.17, 15) is 34.5 Å². The van der Waals surface area contributed by atoms with Gasteiger partial charge in [-0.25, -0.2) is 0 Å². The van der Waals surface area contributed by atoms with E-state index in [1.165, 1.54) is 6.92 Å². The van der Waals surface area contributed by atoms with Gasteiger partial charge in [0.05, 0.1) is 12.6 Å². The van der Waals surface area contributed by atoms with Crippen molar-refractivity contribution in [2.75, 3.05) is 6.61 Å². The van der Waals surface area contributed by atoms with Crippen LogP contribution in [-0.2, 0) is 23.9 Å². The maximum atomic E-state index is 12.8. The molecule has 13 nitrogen and oxygen atoms in total. The Kier molecular flexibility index (Phi) is 8.91. The summed E-state index contributed by atoms with van der Waals surface area (Å²) < 4.78 is 5.52. The highest BCUT2D eigenvalue weighted by atomic mass is 16.5. The zero-order valence-corrected chi connectivity index (χ0v) is 16.1. The van der Waals surface area contributed by atoms with E-state index < -0.39 is 85.8 Å². The number of carboxylic acids is 1. The first kappa shape index (κ1) is 24.7. The Bertz CT molecular complexity index is 630. The minimum absolute atomic E-state index is 0.391. The molecule has 1 unspecified atom stereocenters. The van der Waals surface area contributed by atoms with Crippen molar-refractivity contribution >= 4 is 23.7 Å². The van der Waals surface area contributed by atoms with Gasteiger partial charge < -0.3 is 46.8 Å². The van der Waals surface area contributed by atoms with Crippen LogP contribution in [0.25, 0.3) is 0 Å². The number of rotatable bonds is 9. The quantitative estimate of drug-likeness (QED) is 0.190. The molecular formula is C16H28N4O9. The highest BCUT2D eigenvalue weighted by Gasteiger charge is 2.50. The fraction of sp³-hybridized carbons (Fsp3) is 0.750. The molecule has 0 saturated carbocycles. The number of primary amides is 1. The van der Waals surface area contributed by atoms with E-state index in [-0.39, 0.29) is 0 Å². The highest BCUT2D eigenvalue weighted by Crippen LogP contribution is 2.27. The van der Waals surface area contributed by atoms with Crippen LogP contribution in [0, 0.1) is 0 Å². The first-order chi connectivity index (χ1) is 13.4. The molecule has 0 bridgehead atoms. The monoisotopic (exact) mass is 420 g/mol. The maximum Gasteiger partial charge on any atom is 0.303 e. The van der Waals surface area contributed by atoms with Crippen molar-refractivity contribution in [3.8, 4) is 0 Å². The summed E-state index contributed by atoms with van der Waals surface area (Å²) in [5, 5.41) is 41.2. The van der Waals surface area contributed by atoms with Gasteiger partial charge in [-0.15, -0.1) is 0 Å². The summed E-state index contributed by atoms with van der Waals surface area (Å²) in [5.41, 5.74) is 11.0. The van der Waals surface area contributed by atoms with Crippen molar-refractivity contribution < 1.29 is 44.3 Å². The molecule has 3 amide bonds. The summed E-state index contributed by atoms with van der Waals surface area (Å²) in [6.45, 7) is 1.66. The van der Waals surface area contributed by atoms with E-state index in [0.29, 0.717) is 0 Å². The molecule has 1 saturated heterocycles. The zero-order valence-electron chi connectivity index (χ0n) is 16.1. The lowest BCUT2D eigenvalue weighted by atomic mass is 9.93. The average molecular weight is 420 g/mol. The van der Waals surface area contributed by atoms with Gasteiger partial charge in [0.2, 0.25) is 17.7 Å². The van der Waals surface area contributed by atoms with Crippen LogP contribution in [0.1, 0.15) is 26.7 Å². The Morgan fingerprint density at radius 3 is 2.21 bits per heavy atom. The van der Waals surface area contributed by atoms with Gasteiger partial charge in [0.1, 0.15) is 30.4 Å². The van der Waals surface area contributed by atoms with Crippen LogP contribution >= 0.6 is 0 Å². The van der Waals surface area contributed by atoms with E-state index in [2.05, 4.69) is 5.32 Å². The van der Waals surface area contributed by atoms with Gasteiger partial charge in [-0.05, 0) is 13.3 Å². The summed E-state index contributed by atoms with van der Waals surface area (Å²) in [7, 11) is 0. The van der Waals surface area contributed by atoms with E-state index in [4.69, 9.17) is 21.3 Å². The average Bonchev–Trinajstić information content (AvgIpc) is 2.62. The van der Waals surface area contributed by atoms with Gasteiger partial charge in [-0.3, -0.25) is 19.2 Å². The third kappa shape index (κ3) is 6.08. The molecule has 0 aromatic carbocycles. The van der Waals surface area contributed by atoms with Crippen molar-refractivity contribution in [1.29, 1.82) is 0 Å². The lowest BCUT2D eigenvalue weighted by molar-refractivity contribution is -0.236. The standard InChI is InChI=1S/C16H28N4O9/c1-6(17)15(28)20(8(14(18)27)3-4-10(23)24)16-11(19-7(2)22)13(26)12(25)9(5-21)29-16/h6,8-9,11-13,16,21,25-26H,3-5,17H2,1-2H3,(H2,18,27)(H,19,22)(H,23,24)/t6-,8+,9+,11+,12-,13+,16?/m0/s1. The number of amides is 3. The third-order valence-electron chi connectivity index (χ3n) is 4.48. The molecule has 1 aliphatic heterocycles. The SMILES string of the molecule is CC(=O)N[C@H]1C(N(C(=O)[C@H](C)N)[C@H](CCC(=O)O)C(N)=O)O[C@H](CO)[C@H](O)[C@@H]1O. The van der Waals surface area contributed by atoms with E-state index in [1.54, 1.807) is 0 Å². The van der Waals surface area contributed by atoms with E-state index >= 15 is 0 Å². The fourth-order valence-electron chi connectivity index (χ4n) is 3.10. The Hall–Kier alpha value is -2.32. The maximum absolute atomic E-state index is 12.8. The second-order valence-corrected chi connectivity index (χ2v) is 6.84. The van der Waals surface area contributed by atoms with Crippen LogP contribution in [0.5, 0.6) is 0 Å². The molecule has 13 heteroatoms. The molecule has 0 aliphatic carbocycles. The molecule has 7 atom stereocenters. The van der Waals surface area contributed by atoms with Crippen LogP contribution in [0.4, 0.5) is 0 Å². The van der Waals surface area contributed by atoms with Gasteiger partial charge in [0.25, 0.3) is 0 Å². The number of hydrogen-bond acceptors (Lipinski definition) is 9. The van der Waals surface area contributed by atoms with Gasteiger partial charge in [0.15, 0.2) is 6.23 Å². The topological polar surface area (TPSA) is 226 Å². The van der Waals surface area contributed by atoms with Crippen molar-refractivity contribution in [3.05, 3.63) is 0 Å². The summed E-state index contributed by atoms with van der Waals surface area (Å²) >= 11 is 0. The zero-order chi connectivity index (χ0) is 22.5. The second-order valence-electron chi connectivity index (χ2n) is 6.84. The molecule has 0 radical (unpaired) electrons. The molecule has 166 valence electrons. The Labute approximate surface area is 166 Å². The number of nitrogens with two attached hydrogens (primary N) is 2. The smallest absolute Gasteiger partial charge is 0.303 e. The number of carboxylic acid groups (broad SMARTS) is 1. The molecule has 1 rings (SSSR count). The number of nitrogens with zero attached hydrogens (tertiary/aromatic N) is 1. The highest BCUT2D eigenvalue weighted by molar-refractivity contribution is 5.89. The van der Waals surface area contributed by atoms with Crippen molar-refractivity contribution in [2.45, 2.75) is 69.4 Å². The number of carbonyl (C=O) groups excluding carboxylic acids is 3. The number of aliphatic hydroxyl groups is 3. The molecule has 1 heterocycles. The molecule has 0 spiro atoms. The predicted octanol–water partition coefficient (Wildman–Crippen LogP) is -4.18. The van der Waals surface area contributed by atoms with Crippen molar-refractivity contribution in [2.24, 2.45) is 11.5 Å². The summed E-state index contributed by atoms with van der Waals surface area (Å²) in [6.07, 6.45) is -7.16. The van der Waals surface area contributed by atoms with Crippen molar-refractivity contribution in [3.63, 3.8) is 0 Å². The summed E-state index contributed by atoms with van der Waals surface area (Å²) in [5.74, 6) is -3.84. The molecule has 0 aromatic heterocycles. The predicted molar refractivity (Wildman–Crippen MR) is 95.7 cm³/mol. The van der Waals surface area contributed by atoms with Crippen molar-refractivity contribution in [1.82, 2.24) is 10.2 Å². The lowest BCUT2D eigenvalue weighted by Gasteiger charge is -2.48. The molecular weight excluding hydrogens is 392 g/mol. The van der Waals surface area contributed by atoms with Crippen LogP contribution in [0.15, 0.2) is 0 Å². The number of hydrogen-bond donors (Lipinski definition) is 7. The normalized spacial score (nSPS) is 28.8. The summed E-state index contributed by atoms with van der Waals surface area (Å²) in [4.78, 5) is 48.1. The minimum Gasteiger partial charge on any atom is -0.481 e. The van der Waals surface area contributed by atoms with Crippen LogP contribution in [0.3, 0.4) is 0 Å². The number of nitrogens with one attached hydrogen (secondary N) is 1.